The molecule has 0 saturated carbocycles. The van der Waals surface area contributed by atoms with Crippen LogP contribution in [0.5, 0.6) is 0 Å². The Morgan fingerprint density at radius 3 is 2.62 bits per heavy atom. The molecule has 3 aromatic rings. The van der Waals surface area contributed by atoms with Crippen molar-refractivity contribution in [1.82, 2.24) is 5.32 Å². The van der Waals surface area contributed by atoms with Crippen molar-refractivity contribution >= 4 is 22.6 Å². The Morgan fingerprint density at radius 2 is 1.90 bits per heavy atom. The third kappa shape index (κ3) is 2.64. The summed E-state index contributed by atoms with van der Waals surface area (Å²) in [6.07, 6.45) is 0. The second kappa shape index (κ2) is 5.47. The Hall–Kier alpha value is -1.91. The molecule has 1 heterocycles. The Bertz CT molecular complexity index is 800. The molecule has 1 atom stereocenters. The summed E-state index contributed by atoms with van der Waals surface area (Å²) < 4.78 is 32.7. The van der Waals surface area contributed by atoms with E-state index in [9.17, 15) is 8.78 Å². The van der Waals surface area contributed by atoms with Gasteiger partial charge in [-0.05, 0) is 37.4 Å². The van der Waals surface area contributed by atoms with Gasteiger partial charge in [0.15, 0.2) is 0 Å². The first kappa shape index (κ1) is 14.0. The molecular formula is C16H12ClF2NO. The lowest BCUT2D eigenvalue weighted by Crippen LogP contribution is -2.18. The minimum atomic E-state index is -0.618. The van der Waals surface area contributed by atoms with Crippen LogP contribution in [0.4, 0.5) is 8.78 Å². The Balaban J connectivity index is 2.09. The molecule has 2 nitrogen and oxygen atoms in total. The van der Waals surface area contributed by atoms with Gasteiger partial charge in [0.2, 0.25) is 0 Å². The standard InChI is InChI=1S/C16H12ClF2NO/c1-20-16(12-4-3-11(18)8-13(12)19)15-7-9-6-10(17)2-5-14(9)21-15/h2-8,16,20H,1H3. The summed E-state index contributed by atoms with van der Waals surface area (Å²) >= 11 is 5.94. The molecule has 21 heavy (non-hydrogen) atoms. The fraction of sp³-hybridized carbons (Fsp3) is 0.125. The summed E-state index contributed by atoms with van der Waals surface area (Å²) in [5.74, 6) is -0.685. The van der Waals surface area contributed by atoms with E-state index in [1.54, 1.807) is 31.3 Å². The summed E-state index contributed by atoms with van der Waals surface area (Å²) in [5, 5.41) is 4.42. The van der Waals surface area contributed by atoms with Crippen LogP contribution in [0.2, 0.25) is 5.02 Å². The van der Waals surface area contributed by atoms with Crippen LogP contribution in [0, 0.1) is 11.6 Å². The van der Waals surface area contributed by atoms with Crippen LogP contribution in [-0.2, 0) is 0 Å². The third-order valence-electron chi connectivity index (χ3n) is 3.34. The molecule has 5 heteroatoms. The van der Waals surface area contributed by atoms with Crippen molar-refractivity contribution < 1.29 is 13.2 Å². The second-order valence-corrected chi connectivity index (χ2v) is 5.15. The van der Waals surface area contributed by atoms with Crippen LogP contribution in [0.15, 0.2) is 46.9 Å². The average Bonchev–Trinajstić information content (AvgIpc) is 2.84. The highest BCUT2D eigenvalue weighted by atomic mass is 35.5. The number of hydrogen-bond donors (Lipinski definition) is 1. The minimum absolute atomic E-state index is 0.323. The van der Waals surface area contributed by atoms with Crippen LogP contribution in [0.1, 0.15) is 17.4 Å². The van der Waals surface area contributed by atoms with Gasteiger partial charge in [-0.2, -0.15) is 0 Å². The Morgan fingerprint density at radius 1 is 1.10 bits per heavy atom. The normalized spacial score (nSPS) is 12.8. The highest BCUT2D eigenvalue weighted by Gasteiger charge is 2.20. The quantitative estimate of drug-likeness (QED) is 0.760. The number of benzene rings is 2. The van der Waals surface area contributed by atoms with Crippen molar-refractivity contribution in [2.24, 2.45) is 0 Å². The van der Waals surface area contributed by atoms with Crippen molar-refractivity contribution in [3.63, 3.8) is 0 Å². The average molecular weight is 308 g/mol. The van der Waals surface area contributed by atoms with E-state index in [2.05, 4.69) is 5.32 Å². The highest BCUT2D eigenvalue weighted by molar-refractivity contribution is 6.31. The Kier molecular flexibility index (Phi) is 3.66. The van der Waals surface area contributed by atoms with Crippen LogP contribution >= 0.6 is 11.6 Å². The SMILES string of the molecule is CNC(c1cc2cc(Cl)ccc2o1)c1ccc(F)cc1F. The first-order chi connectivity index (χ1) is 10.1. The number of fused-ring (bicyclic) bond motifs is 1. The van der Waals surface area contributed by atoms with Crippen molar-refractivity contribution in [3.8, 4) is 0 Å². The molecule has 0 radical (unpaired) electrons. The zero-order chi connectivity index (χ0) is 15.0. The van der Waals surface area contributed by atoms with E-state index in [1.807, 2.05) is 0 Å². The van der Waals surface area contributed by atoms with E-state index in [0.29, 0.717) is 21.9 Å². The largest absolute Gasteiger partial charge is 0.459 e. The lowest BCUT2D eigenvalue weighted by Gasteiger charge is -2.14. The molecule has 0 aliphatic rings. The van der Waals surface area contributed by atoms with Crippen molar-refractivity contribution in [2.75, 3.05) is 7.05 Å². The van der Waals surface area contributed by atoms with E-state index in [-0.39, 0.29) is 0 Å². The maximum Gasteiger partial charge on any atom is 0.134 e. The predicted molar refractivity (Wildman–Crippen MR) is 78.5 cm³/mol. The number of rotatable bonds is 3. The van der Waals surface area contributed by atoms with Crippen LogP contribution < -0.4 is 5.32 Å². The summed E-state index contributed by atoms with van der Waals surface area (Å²) in [5.41, 5.74) is 0.987. The Labute approximate surface area is 125 Å². The molecule has 0 spiro atoms. The van der Waals surface area contributed by atoms with E-state index in [0.717, 1.165) is 11.5 Å². The molecule has 108 valence electrons. The molecule has 3 rings (SSSR count). The van der Waals surface area contributed by atoms with Gasteiger partial charge in [-0.25, -0.2) is 8.78 Å². The zero-order valence-corrected chi connectivity index (χ0v) is 11.9. The lowest BCUT2D eigenvalue weighted by atomic mass is 10.0. The molecule has 1 N–H and O–H groups in total. The maximum atomic E-state index is 14.0. The topological polar surface area (TPSA) is 25.2 Å². The van der Waals surface area contributed by atoms with Gasteiger partial charge >= 0.3 is 0 Å². The van der Waals surface area contributed by atoms with E-state index in [1.165, 1.54) is 12.1 Å². The van der Waals surface area contributed by atoms with Crippen molar-refractivity contribution in [2.45, 2.75) is 6.04 Å². The molecule has 0 aliphatic heterocycles. The van der Waals surface area contributed by atoms with Gasteiger partial charge in [-0.15, -0.1) is 0 Å². The number of hydrogen-bond acceptors (Lipinski definition) is 2. The first-order valence-electron chi connectivity index (χ1n) is 6.39. The van der Waals surface area contributed by atoms with E-state index < -0.39 is 17.7 Å². The smallest absolute Gasteiger partial charge is 0.134 e. The summed E-state index contributed by atoms with van der Waals surface area (Å²) in [4.78, 5) is 0. The monoisotopic (exact) mass is 307 g/mol. The summed E-state index contributed by atoms with van der Waals surface area (Å²) in [7, 11) is 1.69. The summed E-state index contributed by atoms with van der Waals surface area (Å²) in [6, 6.07) is 10.0. The van der Waals surface area contributed by atoms with Gasteiger partial charge in [0.1, 0.15) is 23.0 Å². The van der Waals surface area contributed by atoms with Crippen LogP contribution in [0.3, 0.4) is 0 Å². The molecule has 2 aromatic carbocycles. The minimum Gasteiger partial charge on any atom is -0.459 e. The van der Waals surface area contributed by atoms with Crippen molar-refractivity contribution in [3.05, 3.63) is 70.4 Å². The maximum absolute atomic E-state index is 14.0. The lowest BCUT2D eigenvalue weighted by molar-refractivity contribution is 0.473. The van der Waals surface area contributed by atoms with Gasteiger partial charge in [0, 0.05) is 22.0 Å². The number of nitrogens with one attached hydrogen (secondary N) is 1. The van der Waals surface area contributed by atoms with E-state index in [4.69, 9.17) is 16.0 Å². The molecule has 0 fully saturated rings. The second-order valence-electron chi connectivity index (χ2n) is 4.72. The predicted octanol–water partition coefficient (Wildman–Crippen LogP) is 4.67. The molecule has 0 amide bonds. The van der Waals surface area contributed by atoms with Gasteiger partial charge < -0.3 is 9.73 Å². The van der Waals surface area contributed by atoms with Crippen LogP contribution in [-0.4, -0.2) is 7.05 Å². The zero-order valence-electron chi connectivity index (χ0n) is 11.2. The van der Waals surface area contributed by atoms with Gasteiger partial charge in [0.05, 0.1) is 6.04 Å². The molecular weight excluding hydrogens is 296 g/mol. The highest BCUT2D eigenvalue weighted by Crippen LogP contribution is 2.30. The van der Waals surface area contributed by atoms with Crippen LogP contribution in [0.25, 0.3) is 11.0 Å². The first-order valence-corrected chi connectivity index (χ1v) is 6.77. The molecule has 1 aromatic heterocycles. The summed E-state index contributed by atoms with van der Waals surface area (Å²) in [6.45, 7) is 0. The fourth-order valence-corrected chi connectivity index (χ4v) is 2.54. The molecule has 0 bridgehead atoms. The van der Waals surface area contributed by atoms with Gasteiger partial charge in [-0.3, -0.25) is 0 Å². The van der Waals surface area contributed by atoms with Gasteiger partial charge in [-0.1, -0.05) is 17.7 Å². The van der Waals surface area contributed by atoms with Gasteiger partial charge in [0.25, 0.3) is 0 Å². The third-order valence-corrected chi connectivity index (χ3v) is 3.58. The molecule has 1 unspecified atom stereocenters. The molecule has 0 aliphatic carbocycles. The van der Waals surface area contributed by atoms with Crippen molar-refractivity contribution in [1.29, 1.82) is 0 Å². The molecule has 0 saturated heterocycles. The fourth-order valence-electron chi connectivity index (χ4n) is 2.36. The van der Waals surface area contributed by atoms with E-state index >= 15 is 0 Å². The number of furan rings is 1. The number of halogens is 3.